The highest BCUT2D eigenvalue weighted by Gasteiger charge is 2.13. The Morgan fingerprint density at radius 1 is 1.11 bits per heavy atom. The van der Waals surface area contributed by atoms with Crippen molar-refractivity contribution in [3.63, 3.8) is 0 Å². The van der Waals surface area contributed by atoms with Gasteiger partial charge in [-0.3, -0.25) is 15.0 Å². The summed E-state index contributed by atoms with van der Waals surface area (Å²) < 4.78 is 7.97. The zero-order chi connectivity index (χ0) is 18.2. The van der Waals surface area contributed by atoms with Crippen LogP contribution in [-0.2, 0) is 11.3 Å². The summed E-state index contributed by atoms with van der Waals surface area (Å²) in [6, 6.07) is 9.73. The minimum absolute atomic E-state index is 0.335. The van der Waals surface area contributed by atoms with Crippen LogP contribution in [0.25, 0.3) is 22.8 Å². The van der Waals surface area contributed by atoms with Crippen LogP contribution in [0.4, 0.5) is 0 Å². The van der Waals surface area contributed by atoms with Crippen molar-refractivity contribution in [1.82, 2.24) is 19.4 Å². The molecule has 5 heterocycles. The minimum atomic E-state index is 0.335. The SMILES string of the molecule is Cc1c(COC2=NC=c3ncccc3=NC2)nc2c3cccnc3ccn12. The number of fused-ring (bicyclic) bond motifs is 4. The van der Waals surface area contributed by atoms with Gasteiger partial charge in [0.15, 0.2) is 0 Å². The zero-order valence-electron chi connectivity index (χ0n) is 14.7. The molecule has 0 fully saturated rings. The maximum absolute atomic E-state index is 5.91. The monoisotopic (exact) mass is 356 g/mol. The van der Waals surface area contributed by atoms with E-state index >= 15 is 0 Å². The number of imidazole rings is 1. The van der Waals surface area contributed by atoms with Gasteiger partial charge in [0.05, 0.1) is 22.8 Å². The van der Waals surface area contributed by atoms with Crippen LogP contribution in [0, 0.1) is 6.92 Å². The molecule has 0 amide bonds. The first-order valence-electron chi connectivity index (χ1n) is 8.66. The number of rotatable bonds is 2. The quantitative estimate of drug-likeness (QED) is 0.546. The Labute approximate surface area is 154 Å². The van der Waals surface area contributed by atoms with Crippen LogP contribution in [-0.4, -0.2) is 31.8 Å². The molecule has 7 nitrogen and oxygen atoms in total. The van der Waals surface area contributed by atoms with Crippen molar-refractivity contribution in [3.8, 4) is 0 Å². The Bertz CT molecular complexity index is 1320. The molecule has 0 spiro atoms. The number of aromatic nitrogens is 4. The van der Waals surface area contributed by atoms with Gasteiger partial charge >= 0.3 is 0 Å². The van der Waals surface area contributed by atoms with E-state index in [1.54, 1.807) is 18.6 Å². The molecule has 0 N–H and O–H groups in total. The number of aliphatic imine (C=N–C) groups is 1. The first-order valence-corrected chi connectivity index (χ1v) is 8.66. The van der Waals surface area contributed by atoms with Crippen molar-refractivity contribution < 1.29 is 4.74 Å². The van der Waals surface area contributed by atoms with Gasteiger partial charge in [-0.15, -0.1) is 0 Å². The Morgan fingerprint density at radius 3 is 2.96 bits per heavy atom. The Balaban J connectivity index is 1.45. The number of ether oxygens (including phenoxy) is 1. The fourth-order valence-electron chi connectivity index (χ4n) is 3.16. The first kappa shape index (κ1) is 15.6. The van der Waals surface area contributed by atoms with Crippen LogP contribution in [0.3, 0.4) is 0 Å². The van der Waals surface area contributed by atoms with Crippen molar-refractivity contribution in [1.29, 1.82) is 0 Å². The summed E-state index contributed by atoms with van der Waals surface area (Å²) in [6.07, 6.45) is 7.20. The topological polar surface area (TPSA) is 77.0 Å². The lowest BCUT2D eigenvalue weighted by atomic mass is 10.2. The van der Waals surface area contributed by atoms with Gasteiger partial charge < -0.3 is 9.14 Å². The molecule has 0 aliphatic carbocycles. The van der Waals surface area contributed by atoms with Crippen LogP contribution in [0.5, 0.6) is 0 Å². The number of nitrogens with zero attached hydrogens (tertiary/aromatic N) is 6. The first-order chi connectivity index (χ1) is 13.3. The van der Waals surface area contributed by atoms with Crippen molar-refractivity contribution in [2.24, 2.45) is 9.98 Å². The third-order valence-electron chi connectivity index (χ3n) is 4.62. The Hall–Kier alpha value is -3.61. The molecule has 5 rings (SSSR count). The van der Waals surface area contributed by atoms with Crippen molar-refractivity contribution in [2.75, 3.05) is 6.54 Å². The van der Waals surface area contributed by atoms with Crippen molar-refractivity contribution >= 4 is 28.6 Å². The number of pyridine rings is 3. The van der Waals surface area contributed by atoms with Crippen molar-refractivity contribution in [2.45, 2.75) is 13.5 Å². The van der Waals surface area contributed by atoms with Gasteiger partial charge in [-0.25, -0.2) is 9.98 Å². The second kappa shape index (κ2) is 6.28. The molecule has 7 heteroatoms. The number of hydrogen-bond acceptors (Lipinski definition) is 6. The molecule has 27 heavy (non-hydrogen) atoms. The van der Waals surface area contributed by atoms with E-state index in [9.17, 15) is 0 Å². The van der Waals surface area contributed by atoms with Gasteiger partial charge in [-0.2, -0.15) is 0 Å². The molecule has 0 saturated heterocycles. The molecule has 132 valence electrons. The maximum atomic E-state index is 5.91. The van der Waals surface area contributed by atoms with Gasteiger partial charge in [-0.05, 0) is 37.3 Å². The van der Waals surface area contributed by atoms with E-state index in [1.807, 2.05) is 43.5 Å². The summed E-state index contributed by atoms with van der Waals surface area (Å²) in [5.74, 6) is 0.552. The Kier molecular flexibility index (Phi) is 3.64. The molecule has 0 bridgehead atoms. The lowest BCUT2D eigenvalue weighted by Gasteiger charge is -2.05. The molecular formula is C20H16N6O. The maximum Gasteiger partial charge on any atom is 0.210 e. The fourth-order valence-corrected chi connectivity index (χ4v) is 3.16. The lowest BCUT2D eigenvalue weighted by Crippen LogP contribution is -2.27. The van der Waals surface area contributed by atoms with E-state index in [0.29, 0.717) is 19.0 Å². The molecule has 0 unspecified atom stereocenters. The molecule has 0 saturated carbocycles. The summed E-state index contributed by atoms with van der Waals surface area (Å²) in [4.78, 5) is 22.3. The fraction of sp³-hybridized carbons (Fsp3) is 0.150. The Morgan fingerprint density at radius 2 is 2.00 bits per heavy atom. The summed E-state index contributed by atoms with van der Waals surface area (Å²) in [6.45, 7) is 2.75. The smallest absolute Gasteiger partial charge is 0.210 e. The number of hydrogen-bond donors (Lipinski definition) is 0. The third-order valence-corrected chi connectivity index (χ3v) is 4.62. The van der Waals surface area contributed by atoms with E-state index in [0.717, 1.165) is 38.6 Å². The van der Waals surface area contributed by atoms with Crippen LogP contribution < -0.4 is 10.7 Å². The predicted octanol–water partition coefficient (Wildman–Crippen LogP) is 1.57. The summed E-state index contributed by atoms with van der Waals surface area (Å²) >= 11 is 0. The molecule has 0 aromatic carbocycles. The van der Waals surface area contributed by atoms with E-state index in [1.165, 1.54) is 0 Å². The molecule has 4 aromatic heterocycles. The largest absolute Gasteiger partial charge is 0.473 e. The zero-order valence-corrected chi connectivity index (χ0v) is 14.7. The number of aryl methyl sites for hydroxylation is 1. The summed E-state index contributed by atoms with van der Waals surface area (Å²) in [5.41, 5.74) is 3.71. The molecule has 1 aliphatic rings. The van der Waals surface area contributed by atoms with Gasteiger partial charge in [-0.1, -0.05) is 0 Å². The predicted molar refractivity (Wildman–Crippen MR) is 102 cm³/mol. The van der Waals surface area contributed by atoms with Gasteiger partial charge in [0.1, 0.15) is 24.1 Å². The van der Waals surface area contributed by atoms with Crippen LogP contribution >= 0.6 is 0 Å². The summed E-state index contributed by atoms with van der Waals surface area (Å²) in [5, 5.41) is 2.59. The highest BCUT2D eigenvalue weighted by atomic mass is 16.5. The molecular weight excluding hydrogens is 340 g/mol. The van der Waals surface area contributed by atoms with E-state index in [4.69, 9.17) is 9.72 Å². The molecule has 0 atom stereocenters. The van der Waals surface area contributed by atoms with Gasteiger partial charge in [0.25, 0.3) is 0 Å². The van der Waals surface area contributed by atoms with Gasteiger partial charge in [0.2, 0.25) is 5.90 Å². The minimum Gasteiger partial charge on any atom is -0.473 e. The normalized spacial score (nSPS) is 13.4. The summed E-state index contributed by atoms with van der Waals surface area (Å²) in [7, 11) is 0. The lowest BCUT2D eigenvalue weighted by molar-refractivity contribution is 0.283. The highest BCUT2D eigenvalue weighted by molar-refractivity contribution is 5.91. The van der Waals surface area contributed by atoms with E-state index < -0.39 is 0 Å². The molecule has 0 radical (unpaired) electrons. The average Bonchev–Trinajstić information content (AvgIpc) is 2.90. The molecule has 1 aliphatic heterocycles. The van der Waals surface area contributed by atoms with E-state index in [-0.39, 0.29) is 0 Å². The standard InChI is InChI=1S/C20H16N6O/c1-13-18(25-20-14-4-2-7-21-15(14)6-9-26(13)20)12-27-19-11-23-16-5-3-8-22-17(16)10-24-19/h2-10H,11-12H2,1H3. The average molecular weight is 356 g/mol. The molecule has 4 aromatic rings. The highest BCUT2D eigenvalue weighted by Crippen LogP contribution is 2.21. The van der Waals surface area contributed by atoms with Crippen LogP contribution in [0.15, 0.2) is 58.9 Å². The van der Waals surface area contributed by atoms with Crippen molar-refractivity contribution in [3.05, 3.63) is 71.0 Å². The van der Waals surface area contributed by atoms with Gasteiger partial charge in [0, 0.05) is 29.7 Å². The second-order valence-corrected chi connectivity index (χ2v) is 6.25. The van der Waals surface area contributed by atoms with Crippen LogP contribution in [0.1, 0.15) is 11.4 Å². The van der Waals surface area contributed by atoms with Crippen LogP contribution in [0.2, 0.25) is 0 Å². The second-order valence-electron chi connectivity index (χ2n) is 6.25. The van der Waals surface area contributed by atoms with E-state index in [2.05, 4.69) is 24.4 Å². The third kappa shape index (κ3) is 2.73.